The fourth-order valence-electron chi connectivity index (χ4n) is 1.11. The Labute approximate surface area is 143 Å². The molecule has 0 atom stereocenters. The zero-order valence-corrected chi connectivity index (χ0v) is 12.8. The van der Waals surface area contributed by atoms with E-state index in [1.54, 1.807) is 17.5 Å². The molecule has 5 nitrogen and oxygen atoms in total. The second kappa shape index (κ2) is 8.99. The first-order valence-corrected chi connectivity index (χ1v) is 6.75. The molecule has 0 aliphatic rings. The number of carboxylic acid groups (broad SMARTS) is 2. The van der Waals surface area contributed by atoms with Gasteiger partial charge in [-0.05, 0) is 6.07 Å². The molecule has 0 bridgehead atoms. The number of nitriles is 1. The van der Waals surface area contributed by atoms with Crippen molar-refractivity contribution in [2.24, 2.45) is 0 Å². The molecule has 0 saturated heterocycles. The monoisotopic (exact) mass is 405 g/mol. The first-order chi connectivity index (χ1) is 11.7. The summed E-state index contributed by atoms with van der Waals surface area (Å²) in [4.78, 5) is 17.8. The second-order valence-corrected chi connectivity index (χ2v) is 4.86. The fraction of sp³-hybridized carbons (Fsp3) is 0.154. The maximum absolute atomic E-state index is 13.0. The highest BCUT2D eigenvalue weighted by atomic mass is 32.1. The lowest BCUT2D eigenvalue weighted by Gasteiger charge is -1.93. The molecule has 142 valence electrons. The Bertz CT molecular complexity index is 796. The van der Waals surface area contributed by atoms with Gasteiger partial charge in [0.1, 0.15) is 11.9 Å². The first kappa shape index (κ1) is 23.1. The van der Waals surface area contributed by atoms with Gasteiger partial charge in [-0.2, -0.15) is 31.6 Å². The molecule has 0 saturated carbocycles. The largest absolute Gasteiger partial charge is 0.490 e. The van der Waals surface area contributed by atoms with Crippen LogP contribution >= 0.6 is 11.3 Å². The van der Waals surface area contributed by atoms with Crippen molar-refractivity contribution in [2.75, 3.05) is 0 Å². The van der Waals surface area contributed by atoms with Crippen LogP contribution < -0.4 is 0 Å². The van der Waals surface area contributed by atoms with Crippen molar-refractivity contribution in [1.82, 2.24) is 0 Å². The molecule has 2 rings (SSSR count). The minimum absolute atomic E-state index is 0.251. The van der Waals surface area contributed by atoms with E-state index in [-0.39, 0.29) is 5.82 Å². The zero-order chi connectivity index (χ0) is 20.7. The van der Waals surface area contributed by atoms with Crippen LogP contribution in [0.3, 0.4) is 0 Å². The quantitative estimate of drug-likeness (QED) is 0.641. The zero-order valence-electron chi connectivity index (χ0n) is 12.0. The number of alkyl halides is 6. The van der Waals surface area contributed by atoms with Gasteiger partial charge in [0.05, 0.1) is 10.3 Å². The van der Waals surface area contributed by atoms with Crippen molar-refractivity contribution >= 4 is 33.4 Å². The van der Waals surface area contributed by atoms with Gasteiger partial charge in [-0.1, -0.05) is 12.1 Å². The van der Waals surface area contributed by atoms with E-state index in [1.165, 1.54) is 17.4 Å². The average molecular weight is 405 g/mol. The van der Waals surface area contributed by atoms with Gasteiger partial charge in [-0.25, -0.2) is 14.0 Å². The molecule has 0 fully saturated rings. The molecule has 0 unspecified atom stereocenters. The standard InChI is InChI=1S/C9H4FNS.2C2HF3O2/c10-8-3-1-2-7-6(4-11)5-12-9(7)8;2*3-2(4,5)1(6)7/h1-3,5H;2*(H,6,7). The Kier molecular flexibility index (Phi) is 8.00. The van der Waals surface area contributed by atoms with Crippen LogP contribution in [-0.2, 0) is 9.59 Å². The minimum Gasteiger partial charge on any atom is -0.475 e. The highest BCUT2D eigenvalue weighted by Crippen LogP contribution is 2.27. The summed E-state index contributed by atoms with van der Waals surface area (Å²) >= 11 is 1.27. The molecule has 13 heteroatoms. The predicted octanol–water partition coefficient (Wildman–Crippen LogP) is 4.18. The molecule has 2 aromatic rings. The topological polar surface area (TPSA) is 98.4 Å². The number of hydrogen-bond donors (Lipinski definition) is 2. The summed E-state index contributed by atoms with van der Waals surface area (Å²) in [6, 6.07) is 6.80. The normalized spacial score (nSPS) is 10.7. The van der Waals surface area contributed by atoms with E-state index < -0.39 is 24.3 Å². The summed E-state index contributed by atoms with van der Waals surface area (Å²) in [6.07, 6.45) is -10.2. The third-order valence-electron chi connectivity index (χ3n) is 2.16. The number of carboxylic acids is 2. The van der Waals surface area contributed by atoms with Crippen LogP contribution in [0.1, 0.15) is 5.56 Å². The molecule has 1 heterocycles. The Morgan fingerprint density at radius 2 is 1.42 bits per heavy atom. The third-order valence-corrected chi connectivity index (χ3v) is 3.16. The van der Waals surface area contributed by atoms with Crippen LogP contribution in [0, 0.1) is 17.1 Å². The van der Waals surface area contributed by atoms with Crippen LogP contribution in [0.25, 0.3) is 10.1 Å². The fourth-order valence-corrected chi connectivity index (χ4v) is 2.01. The Balaban J connectivity index is 0.000000390. The number of aliphatic carboxylic acids is 2. The van der Waals surface area contributed by atoms with Gasteiger partial charge in [0.15, 0.2) is 0 Å². The van der Waals surface area contributed by atoms with E-state index in [4.69, 9.17) is 25.1 Å². The van der Waals surface area contributed by atoms with E-state index in [1.807, 2.05) is 6.07 Å². The maximum atomic E-state index is 13.0. The SMILES string of the molecule is N#Cc1csc2c(F)cccc12.O=C(O)C(F)(F)F.O=C(O)C(F)(F)F. The summed E-state index contributed by atoms with van der Waals surface area (Å²) in [7, 11) is 0. The summed E-state index contributed by atoms with van der Waals surface area (Å²) in [5.74, 6) is -5.76. The van der Waals surface area contributed by atoms with Crippen LogP contribution in [-0.4, -0.2) is 34.5 Å². The van der Waals surface area contributed by atoms with Crippen LogP contribution in [0.5, 0.6) is 0 Å². The summed E-state index contributed by atoms with van der Waals surface area (Å²) in [5, 5.41) is 25.3. The highest BCUT2D eigenvalue weighted by molar-refractivity contribution is 7.17. The van der Waals surface area contributed by atoms with Crippen molar-refractivity contribution in [3.63, 3.8) is 0 Å². The predicted molar refractivity (Wildman–Crippen MR) is 73.9 cm³/mol. The lowest BCUT2D eigenvalue weighted by Crippen LogP contribution is -2.21. The number of carbonyl (C=O) groups is 2. The molecule has 1 aromatic heterocycles. The van der Waals surface area contributed by atoms with Crippen molar-refractivity contribution in [3.05, 3.63) is 35.0 Å². The number of rotatable bonds is 0. The van der Waals surface area contributed by atoms with E-state index >= 15 is 0 Å². The highest BCUT2D eigenvalue weighted by Gasteiger charge is 2.38. The number of hydrogen-bond acceptors (Lipinski definition) is 4. The second-order valence-electron chi connectivity index (χ2n) is 3.98. The maximum Gasteiger partial charge on any atom is 0.490 e. The summed E-state index contributed by atoms with van der Waals surface area (Å²) < 4.78 is 77.1. The van der Waals surface area contributed by atoms with Crippen molar-refractivity contribution in [3.8, 4) is 6.07 Å². The van der Waals surface area contributed by atoms with Gasteiger partial charge in [0, 0.05) is 10.8 Å². The number of halogens is 7. The van der Waals surface area contributed by atoms with Crippen molar-refractivity contribution in [2.45, 2.75) is 12.4 Å². The number of nitrogens with zero attached hydrogens (tertiary/aromatic N) is 1. The molecule has 1 aromatic carbocycles. The lowest BCUT2D eigenvalue weighted by molar-refractivity contribution is -0.193. The van der Waals surface area contributed by atoms with Crippen LogP contribution in [0.15, 0.2) is 23.6 Å². The van der Waals surface area contributed by atoms with Crippen molar-refractivity contribution < 1.29 is 50.5 Å². The molecule has 0 aliphatic carbocycles. The smallest absolute Gasteiger partial charge is 0.475 e. The molecule has 26 heavy (non-hydrogen) atoms. The van der Waals surface area contributed by atoms with E-state index in [2.05, 4.69) is 0 Å². The molecule has 2 N–H and O–H groups in total. The number of fused-ring (bicyclic) bond motifs is 1. The lowest BCUT2D eigenvalue weighted by atomic mass is 10.2. The molecule has 0 amide bonds. The van der Waals surface area contributed by atoms with Gasteiger partial charge in [-0.3, -0.25) is 0 Å². The van der Waals surface area contributed by atoms with Crippen molar-refractivity contribution in [1.29, 1.82) is 5.26 Å². The van der Waals surface area contributed by atoms with Gasteiger partial charge >= 0.3 is 24.3 Å². The van der Waals surface area contributed by atoms with Gasteiger partial charge in [0.25, 0.3) is 0 Å². The number of thiophene rings is 1. The Hall–Kier alpha value is -2.88. The van der Waals surface area contributed by atoms with Gasteiger partial charge < -0.3 is 10.2 Å². The number of benzene rings is 1. The third kappa shape index (κ3) is 7.34. The Morgan fingerprint density at radius 1 is 1.00 bits per heavy atom. The summed E-state index contributed by atoms with van der Waals surface area (Å²) in [5.41, 5.74) is 0.550. The van der Waals surface area contributed by atoms with Gasteiger partial charge in [-0.15, -0.1) is 11.3 Å². The first-order valence-electron chi connectivity index (χ1n) is 5.87. The molecular formula is C13H6F7NO4S. The molecule has 0 aliphatic heterocycles. The van der Waals surface area contributed by atoms with Gasteiger partial charge in [0.2, 0.25) is 0 Å². The van der Waals surface area contributed by atoms with E-state index in [0.29, 0.717) is 15.6 Å². The molecular weight excluding hydrogens is 399 g/mol. The van der Waals surface area contributed by atoms with Crippen LogP contribution in [0.4, 0.5) is 30.7 Å². The Morgan fingerprint density at radius 3 is 1.77 bits per heavy atom. The molecule has 0 spiro atoms. The van der Waals surface area contributed by atoms with Crippen LogP contribution in [0.2, 0.25) is 0 Å². The average Bonchev–Trinajstić information content (AvgIpc) is 2.91. The van der Waals surface area contributed by atoms with E-state index in [9.17, 15) is 30.7 Å². The summed E-state index contributed by atoms with van der Waals surface area (Å²) in [6.45, 7) is 0. The van der Waals surface area contributed by atoms with E-state index in [0.717, 1.165) is 0 Å². The molecule has 0 radical (unpaired) electrons. The minimum atomic E-state index is -5.08.